The van der Waals surface area contributed by atoms with Crippen LogP contribution in [0.4, 0.5) is 5.82 Å². The van der Waals surface area contributed by atoms with Gasteiger partial charge in [-0.25, -0.2) is 9.97 Å². The van der Waals surface area contributed by atoms with Gasteiger partial charge in [0.25, 0.3) is 0 Å². The summed E-state index contributed by atoms with van der Waals surface area (Å²) in [7, 11) is 0. The van der Waals surface area contributed by atoms with E-state index in [1.165, 1.54) is 6.33 Å². The number of unbranched alkanes of at least 4 members (excludes halogenated alkanes) is 1. The first-order valence-electron chi connectivity index (χ1n) is 14.0. The summed E-state index contributed by atoms with van der Waals surface area (Å²) in [6.07, 6.45) is 3.97. The van der Waals surface area contributed by atoms with E-state index in [-0.39, 0.29) is 30.8 Å². The number of piperazine rings is 1. The number of halogens is 1. The maximum atomic E-state index is 13.7. The molecule has 2 aliphatic rings. The van der Waals surface area contributed by atoms with Gasteiger partial charge in [-0.15, -0.1) is 0 Å². The number of carbonyl (C=O) groups excluding carboxylic acids is 1. The number of carboxylic acid groups (broad SMARTS) is 1. The van der Waals surface area contributed by atoms with Crippen LogP contribution < -0.4 is 4.90 Å². The number of aliphatic carboxylic acids is 1. The van der Waals surface area contributed by atoms with Crippen molar-refractivity contribution in [1.82, 2.24) is 14.9 Å². The molecule has 0 unspecified atom stereocenters. The minimum Gasteiger partial charge on any atom is -0.481 e. The quantitative estimate of drug-likeness (QED) is 0.324. The largest absolute Gasteiger partial charge is 0.481 e. The summed E-state index contributed by atoms with van der Waals surface area (Å²) < 4.78 is 10.8. The van der Waals surface area contributed by atoms with Crippen LogP contribution in [0.2, 0.25) is 5.02 Å². The highest BCUT2D eigenvalue weighted by Crippen LogP contribution is 2.42. The van der Waals surface area contributed by atoms with Crippen molar-refractivity contribution in [2.24, 2.45) is 0 Å². The molecule has 1 aliphatic carbocycles. The number of aliphatic hydroxyl groups is 1. The average Bonchev–Trinajstić information content (AvgIpc) is 3.25. The summed E-state index contributed by atoms with van der Waals surface area (Å²) in [5.41, 5.74) is 2.72. The Bertz CT molecular complexity index is 1130. The van der Waals surface area contributed by atoms with Crippen LogP contribution in [-0.2, 0) is 19.1 Å². The number of amides is 1. The fourth-order valence-electron chi connectivity index (χ4n) is 5.48. The van der Waals surface area contributed by atoms with Gasteiger partial charge in [-0.1, -0.05) is 37.1 Å². The highest BCUT2D eigenvalue weighted by Gasteiger charge is 2.35. The van der Waals surface area contributed by atoms with E-state index >= 15 is 0 Å². The maximum absolute atomic E-state index is 13.7. The highest BCUT2D eigenvalue weighted by molar-refractivity contribution is 6.30. The van der Waals surface area contributed by atoms with Crippen LogP contribution in [0.1, 0.15) is 73.8 Å². The van der Waals surface area contributed by atoms with E-state index in [0.717, 1.165) is 35.5 Å². The lowest BCUT2D eigenvalue weighted by molar-refractivity contribution is -0.138. The van der Waals surface area contributed by atoms with Gasteiger partial charge in [-0.05, 0) is 42.9 Å². The summed E-state index contributed by atoms with van der Waals surface area (Å²) in [5, 5.41) is 19.6. The SMILES string of the molecule is C[C@@H]1C[C@@H](O)c2ncnc(N3CCN(C(=O)[C@H](CCCCOCCOCCC(=O)O)c4ccc(Cl)cc4)CC3)c21. The average molecular weight is 575 g/mol. The third-order valence-corrected chi connectivity index (χ3v) is 7.86. The van der Waals surface area contributed by atoms with E-state index in [1.807, 2.05) is 29.2 Å². The number of carbonyl (C=O) groups is 2. The zero-order valence-corrected chi connectivity index (χ0v) is 23.8. The number of aromatic nitrogens is 2. The van der Waals surface area contributed by atoms with Gasteiger partial charge in [-0.2, -0.15) is 0 Å². The normalized spacial score (nSPS) is 19.5. The fourth-order valence-corrected chi connectivity index (χ4v) is 5.60. The first kappa shape index (κ1) is 30.2. The van der Waals surface area contributed by atoms with Gasteiger partial charge in [-0.3, -0.25) is 9.59 Å². The Morgan fingerprint density at radius 2 is 1.73 bits per heavy atom. The van der Waals surface area contributed by atoms with E-state index < -0.39 is 12.1 Å². The molecule has 1 saturated heterocycles. The molecule has 0 bridgehead atoms. The van der Waals surface area contributed by atoms with Gasteiger partial charge in [0.1, 0.15) is 12.1 Å². The van der Waals surface area contributed by atoms with Gasteiger partial charge >= 0.3 is 5.97 Å². The lowest BCUT2D eigenvalue weighted by atomic mass is 9.92. The van der Waals surface area contributed by atoms with Gasteiger partial charge < -0.3 is 29.5 Å². The van der Waals surface area contributed by atoms with Gasteiger partial charge in [0.05, 0.1) is 44.0 Å². The molecule has 1 fully saturated rings. The van der Waals surface area contributed by atoms with Crippen LogP contribution in [-0.4, -0.2) is 89.6 Å². The van der Waals surface area contributed by atoms with Crippen LogP contribution in [0.15, 0.2) is 30.6 Å². The highest BCUT2D eigenvalue weighted by atomic mass is 35.5. The smallest absolute Gasteiger partial charge is 0.305 e. The van der Waals surface area contributed by atoms with Gasteiger partial charge in [0, 0.05) is 43.4 Å². The number of benzene rings is 1. The number of hydrogen-bond acceptors (Lipinski definition) is 8. The number of carboxylic acids is 1. The zero-order chi connectivity index (χ0) is 28.5. The molecule has 3 atom stereocenters. The van der Waals surface area contributed by atoms with Crippen molar-refractivity contribution in [2.75, 3.05) is 57.5 Å². The standard InChI is InChI=1S/C29H39ClN4O6/c1-20-18-24(35)27-26(20)28(32-19-31-27)33-10-12-34(13-11-33)29(38)23(21-5-7-22(30)8-6-21)4-2-3-14-39-16-17-40-15-9-25(36)37/h5-8,19-20,23-24,35H,2-4,9-18H2,1H3,(H,36,37)/t20-,23-,24-/m1/s1. The molecule has 1 aromatic heterocycles. The lowest BCUT2D eigenvalue weighted by Gasteiger charge is -2.38. The molecule has 2 N–H and O–H groups in total. The molecule has 1 aliphatic heterocycles. The van der Waals surface area contributed by atoms with E-state index in [2.05, 4.69) is 21.8 Å². The number of nitrogens with zero attached hydrogens (tertiary/aromatic N) is 4. The molecule has 0 saturated carbocycles. The third kappa shape index (κ3) is 7.90. The van der Waals surface area contributed by atoms with Crippen LogP contribution in [0.3, 0.4) is 0 Å². The molecule has 0 spiro atoms. The Morgan fingerprint density at radius 1 is 1.02 bits per heavy atom. The molecular formula is C29H39ClN4O6. The molecule has 0 radical (unpaired) electrons. The predicted octanol–water partition coefficient (Wildman–Crippen LogP) is 3.78. The van der Waals surface area contributed by atoms with Crippen molar-refractivity contribution < 1.29 is 29.3 Å². The molecule has 2 aromatic rings. The molecule has 10 nitrogen and oxygen atoms in total. The zero-order valence-electron chi connectivity index (χ0n) is 23.0. The van der Waals surface area contributed by atoms with Crippen molar-refractivity contribution >= 4 is 29.3 Å². The molecule has 1 aromatic carbocycles. The van der Waals surface area contributed by atoms with E-state index in [1.54, 1.807) is 0 Å². The Kier molecular flexibility index (Phi) is 11.1. The molecule has 1 amide bonds. The minimum absolute atomic E-state index is 0.0128. The molecular weight excluding hydrogens is 536 g/mol. The fraction of sp³-hybridized carbons (Fsp3) is 0.586. The van der Waals surface area contributed by atoms with Crippen LogP contribution in [0.5, 0.6) is 0 Å². The summed E-state index contributed by atoms with van der Waals surface area (Å²) in [5.74, 6) is 0.0520. The van der Waals surface area contributed by atoms with Crippen LogP contribution in [0, 0.1) is 0 Å². The van der Waals surface area contributed by atoms with Gasteiger partial charge in [0.2, 0.25) is 5.91 Å². The Hall–Kier alpha value is -2.79. The van der Waals surface area contributed by atoms with E-state index in [4.69, 9.17) is 26.2 Å². The molecule has 2 heterocycles. The van der Waals surface area contributed by atoms with Crippen molar-refractivity contribution in [3.05, 3.63) is 52.4 Å². The number of fused-ring (bicyclic) bond motifs is 1. The second kappa shape index (κ2) is 14.7. The Labute approximate surface area is 240 Å². The number of anilines is 1. The van der Waals surface area contributed by atoms with E-state index in [9.17, 15) is 14.7 Å². The summed E-state index contributed by atoms with van der Waals surface area (Å²) in [4.78, 5) is 37.3. The Balaban J connectivity index is 1.29. The number of hydrogen-bond donors (Lipinski definition) is 2. The number of aliphatic hydroxyl groups excluding tert-OH is 1. The van der Waals surface area contributed by atoms with Crippen molar-refractivity contribution in [3.8, 4) is 0 Å². The third-order valence-electron chi connectivity index (χ3n) is 7.60. The number of rotatable bonds is 14. The Morgan fingerprint density at radius 3 is 2.42 bits per heavy atom. The first-order valence-corrected chi connectivity index (χ1v) is 14.4. The second-order valence-corrected chi connectivity index (χ2v) is 10.9. The lowest BCUT2D eigenvalue weighted by Crippen LogP contribution is -2.50. The van der Waals surface area contributed by atoms with E-state index in [0.29, 0.717) is 63.9 Å². The predicted molar refractivity (Wildman–Crippen MR) is 151 cm³/mol. The first-order chi connectivity index (χ1) is 19.3. The van der Waals surface area contributed by atoms with Gasteiger partial charge in [0.15, 0.2) is 0 Å². The van der Waals surface area contributed by atoms with Crippen LogP contribution in [0.25, 0.3) is 0 Å². The maximum Gasteiger partial charge on any atom is 0.305 e. The molecule has 218 valence electrons. The molecule has 11 heteroatoms. The molecule has 4 rings (SSSR count). The summed E-state index contributed by atoms with van der Waals surface area (Å²) in [6, 6.07) is 7.52. The van der Waals surface area contributed by atoms with Crippen molar-refractivity contribution in [1.29, 1.82) is 0 Å². The summed E-state index contributed by atoms with van der Waals surface area (Å²) in [6.45, 7) is 6.16. The second-order valence-electron chi connectivity index (χ2n) is 10.4. The van der Waals surface area contributed by atoms with Crippen molar-refractivity contribution in [3.63, 3.8) is 0 Å². The monoisotopic (exact) mass is 574 g/mol. The minimum atomic E-state index is -0.878. The topological polar surface area (TPSA) is 125 Å². The van der Waals surface area contributed by atoms with Crippen molar-refractivity contribution in [2.45, 2.75) is 57.0 Å². The number of ether oxygens (including phenoxy) is 2. The van der Waals surface area contributed by atoms with Crippen LogP contribution >= 0.6 is 11.6 Å². The summed E-state index contributed by atoms with van der Waals surface area (Å²) >= 11 is 6.12. The molecule has 40 heavy (non-hydrogen) atoms.